The van der Waals surface area contributed by atoms with Crippen molar-refractivity contribution in [3.05, 3.63) is 23.3 Å². The van der Waals surface area contributed by atoms with Crippen molar-refractivity contribution in [2.24, 2.45) is 0 Å². The summed E-state index contributed by atoms with van der Waals surface area (Å²) in [6, 6.07) is 2.48. The Hall–Kier alpha value is -1.85. The van der Waals surface area contributed by atoms with Crippen LogP contribution in [-0.2, 0) is 10.2 Å². The lowest BCUT2D eigenvalue weighted by molar-refractivity contribution is -0.143. The zero-order valence-corrected chi connectivity index (χ0v) is 10.7. The maximum atomic E-state index is 13.0. The highest BCUT2D eigenvalue weighted by molar-refractivity contribution is 5.83. The molecule has 108 valence electrons. The van der Waals surface area contributed by atoms with E-state index < -0.39 is 17.8 Å². The van der Waals surface area contributed by atoms with Crippen LogP contribution in [0.2, 0.25) is 0 Å². The van der Waals surface area contributed by atoms with Gasteiger partial charge in [0.1, 0.15) is 0 Å². The van der Waals surface area contributed by atoms with E-state index in [1.54, 1.807) is 0 Å². The highest BCUT2D eigenvalue weighted by Gasteiger charge is 2.46. The molecule has 0 aromatic heterocycles. The summed E-state index contributed by atoms with van der Waals surface area (Å²) in [5.74, 6) is -0.469. The molecule has 1 fully saturated rings. The predicted molar refractivity (Wildman–Crippen MR) is 65.3 cm³/mol. The van der Waals surface area contributed by atoms with Crippen LogP contribution < -0.4 is 9.47 Å². The lowest BCUT2D eigenvalue weighted by Crippen LogP contribution is -2.33. The Bertz CT molecular complexity index is 550. The largest absolute Gasteiger partial charge is 0.481 e. The van der Waals surface area contributed by atoms with Crippen LogP contribution in [-0.4, -0.2) is 17.9 Å². The topological polar surface area (TPSA) is 55.8 Å². The number of benzene rings is 1. The average molecular weight is 284 g/mol. The summed E-state index contributed by atoms with van der Waals surface area (Å²) in [5, 5.41) is 9.59. The van der Waals surface area contributed by atoms with Gasteiger partial charge in [-0.25, -0.2) is 8.78 Å². The van der Waals surface area contributed by atoms with Crippen molar-refractivity contribution in [1.29, 1.82) is 0 Å². The van der Waals surface area contributed by atoms with Crippen LogP contribution in [0.3, 0.4) is 0 Å². The molecule has 0 spiro atoms. The van der Waals surface area contributed by atoms with E-state index in [-0.39, 0.29) is 18.1 Å². The number of ether oxygens (including phenoxy) is 2. The summed E-state index contributed by atoms with van der Waals surface area (Å²) >= 11 is 0. The molecule has 1 N–H and O–H groups in total. The number of carboxylic acid groups (broad SMARTS) is 1. The Balaban J connectivity index is 2.19. The van der Waals surface area contributed by atoms with E-state index in [1.165, 1.54) is 12.1 Å². The second-order valence-corrected chi connectivity index (χ2v) is 5.20. The van der Waals surface area contributed by atoms with E-state index in [1.807, 2.05) is 0 Å². The number of aliphatic carboxylic acids is 1. The second-order valence-electron chi connectivity index (χ2n) is 5.20. The van der Waals surface area contributed by atoms with Gasteiger partial charge in [0, 0.05) is 11.1 Å². The van der Waals surface area contributed by atoms with Crippen molar-refractivity contribution in [1.82, 2.24) is 0 Å². The molecular weight excluding hydrogens is 270 g/mol. The molecule has 0 atom stereocenters. The Morgan fingerprint density at radius 2 is 1.95 bits per heavy atom. The molecule has 1 saturated carbocycles. The van der Waals surface area contributed by atoms with Gasteiger partial charge in [-0.1, -0.05) is 12.8 Å². The molecule has 0 amide bonds. The SMILES string of the molecule is O=C(O)C1(c2cc(C(F)F)cc3c2OCO3)CCCC1. The summed E-state index contributed by atoms with van der Waals surface area (Å²) in [7, 11) is 0. The number of hydrogen-bond donors (Lipinski definition) is 1. The van der Waals surface area contributed by atoms with Crippen molar-refractivity contribution in [3.8, 4) is 11.5 Å². The summed E-state index contributed by atoms with van der Waals surface area (Å²) < 4.78 is 36.5. The maximum Gasteiger partial charge on any atom is 0.314 e. The summed E-state index contributed by atoms with van der Waals surface area (Å²) in [5.41, 5.74) is -1.03. The first-order chi connectivity index (χ1) is 9.54. The van der Waals surface area contributed by atoms with E-state index in [0.717, 1.165) is 12.8 Å². The Morgan fingerprint density at radius 3 is 2.55 bits per heavy atom. The van der Waals surface area contributed by atoms with Crippen molar-refractivity contribution >= 4 is 5.97 Å². The Labute approximate surface area is 114 Å². The molecule has 1 aliphatic heterocycles. The van der Waals surface area contributed by atoms with Gasteiger partial charge in [-0.2, -0.15) is 0 Å². The standard InChI is InChI=1S/C14H14F2O4/c15-12(16)8-5-9(11-10(6-8)19-7-20-11)14(13(17)18)3-1-2-4-14/h5-6,12H,1-4,7H2,(H,17,18). The normalized spacial score (nSPS) is 19.6. The first-order valence-electron chi connectivity index (χ1n) is 6.50. The molecule has 0 bridgehead atoms. The van der Waals surface area contributed by atoms with Crippen LogP contribution >= 0.6 is 0 Å². The number of carbonyl (C=O) groups is 1. The number of carboxylic acids is 1. The van der Waals surface area contributed by atoms with Gasteiger partial charge in [0.05, 0.1) is 5.41 Å². The molecule has 1 aromatic rings. The minimum absolute atomic E-state index is 0.0648. The zero-order valence-electron chi connectivity index (χ0n) is 10.7. The molecule has 1 aromatic carbocycles. The monoisotopic (exact) mass is 284 g/mol. The first kappa shape index (κ1) is 13.1. The van der Waals surface area contributed by atoms with Crippen LogP contribution in [0.5, 0.6) is 11.5 Å². The van der Waals surface area contributed by atoms with E-state index >= 15 is 0 Å². The maximum absolute atomic E-state index is 13.0. The van der Waals surface area contributed by atoms with E-state index in [4.69, 9.17) is 9.47 Å². The zero-order chi connectivity index (χ0) is 14.3. The quantitative estimate of drug-likeness (QED) is 0.925. The lowest BCUT2D eigenvalue weighted by Gasteiger charge is -2.26. The fourth-order valence-electron chi connectivity index (χ4n) is 3.09. The Kier molecular flexibility index (Phi) is 3.03. The third-order valence-electron chi connectivity index (χ3n) is 4.13. The number of halogens is 2. The van der Waals surface area contributed by atoms with Gasteiger partial charge in [-0.3, -0.25) is 4.79 Å². The van der Waals surface area contributed by atoms with Gasteiger partial charge in [0.25, 0.3) is 6.43 Å². The second kappa shape index (κ2) is 4.61. The summed E-state index contributed by atoms with van der Waals surface area (Å²) in [6.45, 7) is -0.0648. The van der Waals surface area contributed by atoms with Gasteiger partial charge in [-0.05, 0) is 25.0 Å². The first-order valence-corrected chi connectivity index (χ1v) is 6.50. The number of rotatable bonds is 3. The number of fused-ring (bicyclic) bond motifs is 1. The number of alkyl halides is 2. The molecule has 0 saturated heterocycles. The van der Waals surface area contributed by atoms with Gasteiger partial charge < -0.3 is 14.6 Å². The molecule has 3 rings (SSSR count). The van der Waals surface area contributed by atoms with Crippen molar-refractivity contribution in [2.45, 2.75) is 37.5 Å². The molecule has 6 heteroatoms. The molecule has 4 nitrogen and oxygen atoms in total. The summed E-state index contributed by atoms with van der Waals surface area (Å²) in [6.07, 6.45) is -0.271. The van der Waals surface area contributed by atoms with Gasteiger partial charge in [0.2, 0.25) is 6.79 Å². The minimum Gasteiger partial charge on any atom is -0.481 e. The van der Waals surface area contributed by atoms with Crippen LogP contribution in [0.25, 0.3) is 0 Å². The van der Waals surface area contributed by atoms with E-state index in [0.29, 0.717) is 24.2 Å². The van der Waals surface area contributed by atoms with Crippen LogP contribution in [0.15, 0.2) is 12.1 Å². The minimum atomic E-state index is -2.67. The lowest BCUT2D eigenvalue weighted by atomic mass is 9.77. The molecule has 2 aliphatic rings. The molecule has 20 heavy (non-hydrogen) atoms. The molecule has 1 heterocycles. The van der Waals surface area contributed by atoms with Crippen molar-refractivity contribution < 1.29 is 28.2 Å². The third-order valence-corrected chi connectivity index (χ3v) is 4.13. The van der Waals surface area contributed by atoms with Crippen molar-refractivity contribution in [2.75, 3.05) is 6.79 Å². The fourth-order valence-corrected chi connectivity index (χ4v) is 3.09. The summed E-state index contributed by atoms with van der Waals surface area (Å²) in [4.78, 5) is 11.7. The van der Waals surface area contributed by atoms with Crippen LogP contribution in [0, 0.1) is 0 Å². The van der Waals surface area contributed by atoms with E-state index in [9.17, 15) is 18.7 Å². The van der Waals surface area contributed by atoms with Gasteiger partial charge >= 0.3 is 5.97 Å². The molecular formula is C14H14F2O4. The number of hydrogen-bond acceptors (Lipinski definition) is 3. The molecule has 0 unspecified atom stereocenters. The van der Waals surface area contributed by atoms with E-state index in [2.05, 4.69) is 0 Å². The van der Waals surface area contributed by atoms with Gasteiger partial charge in [-0.15, -0.1) is 0 Å². The highest BCUT2D eigenvalue weighted by atomic mass is 19.3. The van der Waals surface area contributed by atoms with Crippen LogP contribution in [0.4, 0.5) is 8.78 Å². The molecule has 1 aliphatic carbocycles. The third kappa shape index (κ3) is 1.82. The smallest absolute Gasteiger partial charge is 0.314 e. The van der Waals surface area contributed by atoms with Crippen molar-refractivity contribution in [3.63, 3.8) is 0 Å². The average Bonchev–Trinajstić information content (AvgIpc) is 3.07. The Morgan fingerprint density at radius 1 is 1.25 bits per heavy atom. The molecule has 0 radical (unpaired) electrons. The van der Waals surface area contributed by atoms with Gasteiger partial charge in [0.15, 0.2) is 11.5 Å². The predicted octanol–water partition coefficient (Wildman–Crippen LogP) is 3.25. The van der Waals surface area contributed by atoms with Crippen LogP contribution in [0.1, 0.15) is 43.2 Å². The highest BCUT2D eigenvalue weighted by Crippen LogP contribution is 2.50. The fraction of sp³-hybridized carbons (Fsp3) is 0.500.